The number of nitrogens with zero attached hydrogens (tertiary/aromatic N) is 2. The highest BCUT2D eigenvalue weighted by atomic mass is 15.3. The maximum atomic E-state index is 5.62. The lowest BCUT2D eigenvalue weighted by Gasteiger charge is -2.01. The molecule has 0 aliphatic carbocycles. The Labute approximate surface area is 79.2 Å². The van der Waals surface area contributed by atoms with Crippen molar-refractivity contribution in [2.24, 2.45) is 5.73 Å². The highest BCUT2D eigenvalue weighted by molar-refractivity contribution is 5.44. The molecule has 0 spiro atoms. The maximum absolute atomic E-state index is 5.62. The fourth-order valence-electron chi connectivity index (χ4n) is 1.13. The molecule has 13 heavy (non-hydrogen) atoms. The molecular formula is C10H17N3. The summed E-state index contributed by atoms with van der Waals surface area (Å²) in [6, 6.07) is 2.10. The van der Waals surface area contributed by atoms with Gasteiger partial charge in [-0.1, -0.05) is 13.0 Å². The van der Waals surface area contributed by atoms with Gasteiger partial charge in [-0.3, -0.25) is 4.68 Å². The summed E-state index contributed by atoms with van der Waals surface area (Å²) in [5.41, 5.74) is 6.74. The molecule has 0 aliphatic heterocycles. The minimum Gasteiger partial charge on any atom is -0.325 e. The first kappa shape index (κ1) is 9.99. The Morgan fingerprint density at radius 3 is 3.08 bits per heavy atom. The Hall–Kier alpha value is -1.09. The predicted molar refractivity (Wildman–Crippen MR) is 55.2 cm³/mol. The number of aromatic nitrogens is 2. The number of aryl methyl sites for hydroxylation is 1. The number of nitrogens with two attached hydrogens (primary N) is 1. The van der Waals surface area contributed by atoms with Crippen LogP contribution in [-0.2, 0) is 6.54 Å². The normalized spacial score (nSPS) is 13.8. The van der Waals surface area contributed by atoms with Crippen molar-refractivity contribution in [1.82, 2.24) is 9.78 Å². The Kier molecular flexibility index (Phi) is 3.71. The molecular weight excluding hydrogens is 162 g/mol. The van der Waals surface area contributed by atoms with Gasteiger partial charge in [-0.15, -0.1) is 0 Å². The second-order valence-corrected chi connectivity index (χ2v) is 3.20. The summed E-state index contributed by atoms with van der Waals surface area (Å²) in [5.74, 6) is 0. The molecule has 0 fully saturated rings. The first-order valence-corrected chi connectivity index (χ1v) is 4.69. The van der Waals surface area contributed by atoms with Gasteiger partial charge in [0.25, 0.3) is 0 Å². The van der Waals surface area contributed by atoms with E-state index < -0.39 is 0 Å². The van der Waals surface area contributed by atoms with Crippen LogP contribution in [0, 0.1) is 0 Å². The molecule has 1 heterocycles. The molecule has 0 aliphatic rings. The lowest BCUT2D eigenvalue weighted by atomic mass is 10.3. The molecule has 3 heteroatoms. The van der Waals surface area contributed by atoms with Crippen molar-refractivity contribution in [2.45, 2.75) is 32.9 Å². The topological polar surface area (TPSA) is 43.8 Å². The average molecular weight is 179 g/mol. The standard InChI is InChI=1S/C10H17N3/c1-3-8-13-10(6-7-12-13)5-4-9(2)11/h4-7,9H,3,8,11H2,1-2H3/b5-4+. The fourth-order valence-corrected chi connectivity index (χ4v) is 1.13. The van der Waals surface area contributed by atoms with Crippen molar-refractivity contribution in [1.29, 1.82) is 0 Å². The minimum absolute atomic E-state index is 0.102. The smallest absolute Gasteiger partial charge is 0.0607 e. The van der Waals surface area contributed by atoms with Crippen molar-refractivity contribution < 1.29 is 0 Å². The maximum Gasteiger partial charge on any atom is 0.0607 e. The third-order valence-corrected chi connectivity index (χ3v) is 1.76. The van der Waals surface area contributed by atoms with Crippen LogP contribution in [-0.4, -0.2) is 15.8 Å². The van der Waals surface area contributed by atoms with Crippen LogP contribution in [0.15, 0.2) is 18.3 Å². The Balaban J connectivity index is 2.70. The molecule has 0 bridgehead atoms. The van der Waals surface area contributed by atoms with E-state index in [0.717, 1.165) is 18.7 Å². The van der Waals surface area contributed by atoms with Crippen LogP contribution in [0.2, 0.25) is 0 Å². The van der Waals surface area contributed by atoms with Gasteiger partial charge in [0.15, 0.2) is 0 Å². The van der Waals surface area contributed by atoms with Crippen LogP contribution < -0.4 is 5.73 Å². The molecule has 0 radical (unpaired) electrons. The number of hydrogen-bond donors (Lipinski definition) is 1. The van der Waals surface area contributed by atoms with Gasteiger partial charge in [0.2, 0.25) is 0 Å². The minimum atomic E-state index is 0.102. The summed E-state index contributed by atoms with van der Waals surface area (Å²) in [4.78, 5) is 0. The lowest BCUT2D eigenvalue weighted by molar-refractivity contribution is 0.598. The Morgan fingerprint density at radius 2 is 2.46 bits per heavy atom. The van der Waals surface area contributed by atoms with Crippen molar-refractivity contribution in [2.75, 3.05) is 0 Å². The summed E-state index contributed by atoms with van der Waals surface area (Å²) in [6.07, 6.45) is 6.91. The highest BCUT2D eigenvalue weighted by Gasteiger charge is 1.96. The van der Waals surface area contributed by atoms with E-state index in [2.05, 4.69) is 12.0 Å². The average Bonchev–Trinajstić information content (AvgIpc) is 2.49. The van der Waals surface area contributed by atoms with Gasteiger partial charge in [-0.2, -0.15) is 5.10 Å². The van der Waals surface area contributed by atoms with Crippen LogP contribution in [0.5, 0.6) is 0 Å². The molecule has 1 unspecified atom stereocenters. The zero-order valence-electron chi connectivity index (χ0n) is 8.27. The van der Waals surface area contributed by atoms with Gasteiger partial charge < -0.3 is 5.73 Å². The Morgan fingerprint density at radius 1 is 1.69 bits per heavy atom. The zero-order valence-corrected chi connectivity index (χ0v) is 8.27. The highest BCUT2D eigenvalue weighted by Crippen LogP contribution is 2.03. The van der Waals surface area contributed by atoms with E-state index in [4.69, 9.17) is 5.73 Å². The first-order valence-electron chi connectivity index (χ1n) is 4.69. The molecule has 72 valence electrons. The second kappa shape index (κ2) is 4.82. The fraction of sp³-hybridized carbons (Fsp3) is 0.500. The zero-order chi connectivity index (χ0) is 9.68. The van der Waals surface area contributed by atoms with E-state index in [1.54, 1.807) is 0 Å². The summed E-state index contributed by atoms with van der Waals surface area (Å²) < 4.78 is 1.98. The van der Waals surface area contributed by atoms with Crippen LogP contribution in [0.4, 0.5) is 0 Å². The molecule has 0 saturated carbocycles. The van der Waals surface area contributed by atoms with Gasteiger partial charge >= 0.3 is 0 Å². The van der Waals surface area contributed by atoms with E-state index >= 15 is 0 Å². The van der Waals surface area contributed by atoms with Gasteiger partial charge in [0.05, 0.1) is 5.69 Å². The van der Waals surface area contributed by atoms with Crippen molar-refractivity contribution >= 4 is 6.08 Å². The quantitative estimate of drug-likeness (QED) is 0.763. The van der Waals surface area contributed by atoms with E-state index in [1.165, 1.54) is 0 Å². The van der Waals surface area contributed by atoms with Gasteiger partial charge in [0, 0.05) is 18.8 Å². The summed E-state index contributed by atoms with van der Waals surface area (Å²) in [7, 11) is 0. The van der Waals surface area contributed by atoms with Crippen LogP contribution in [0.25, 0.3) is 6.08 Å². The van der Waals surface area contributed by atoms with E-state index in [9.17, 15) is 0 Å². The second-order valence-electron chi connectivity index (χ2n) is 3.20. The van der Waals surface area contributed by atoms with Crippen molar-refractivity contribution in [3.8, 4) is 0 Å². The summed E-state index contributed by atoms with van der Waals surface area (Å²) in [5, 5.41) is 4.21. The largest absolute Gasteiger partial charge is 0.325 e. The molecule has 0 amide bonds. The van der Waals surface area contributed by atoms with Crippen LogP contribution in [0.3, 0.4) is 0 Å². The molecule has 1 aromatic rings. The van der Waals surface area contributed by atoms with E-state index in [1.807, 2.05) is 36.0 Å². The molecule has 3 nitrogen and oxygen atoms in total. The molecule has 1 atom stereocenters. The Bertz CT molecular complexity index is 273. The van der Waals surface area contributed by atoms with Crippen LogP contribution in [0.1, 0.15) is 26.0 Å². The molecule has 2 N–H and O–H groups in total. The van der Waals surface area contributed by atoms with E-state index in [-0.39, 0.29) is 6.04 Å². The molecule has 0 aromatic carbocycles. The first-order chi connectivity index (χ1) is 6.24. The third-order valence-electron chi connectivity index (χ3n) is 1.76. The van der Waals surface area contributed by atoms with Crippen LogP contribution >= 0.6 is 0 Å². The number of rotatable bonds is 4. The van der Waals surface area contributed by atoms with Crippen molar-refractivity contribution in [3.05, 3.63) is 24.0 Å². The number of hydrogen-bond acceptors (Lipinski definition) is 2. The molecule has 1 rings (SSSR count). The third kappa shape index (κ3) is 3.03. The monoisotopic (exact) mass is 179 g/mol. The molecule has 0 saturated heterocycles. The summed E-state index contributed by atoms with van der Waals surface area (Å²) >= 11 is 0. The lowest BCUT2D eigenvalue weighted by Crippen LogP contribution is -2.10. The van der Waals surface area contributed by atoms with Gasteiger partial charge in [0.1, 0.15) is 0 Å². The van der Waals surface area contributed by atoms with Crippen molar-refractivity contribution in [3.63, 3.8) is 0 Å². The van der Waals surface area contributed by atoms with Gasteiger partial charge in [-0.25, -0.2) is 0 Å². The SMILES string of the molecule is CCCn1nccc1/C=C/C(C)N. The molecule has 1 aromatic heterocycles. The van der Waals surface area contributed by atoms with E-state index in [0.29, 0.717) is 0 Å². The predicted octanol–water partition coefficient (Wildman–Crippen LogP) is 1.65. The van der Waals surface area contributed by atoms with Gasteiger partial charge in [-0.05, 0) is 25.5 Å². The summed E-state index contributed by atoms with van der Waals surface area (Å²) in [6.45, 7) is 5.06.